The summed E-state index contributed by atoms with van der Waals surface area (Å²) in [5, 5.41) is 4.97. The van der Waals surface area contributed by atoms with Crippen LogP contribution in [0.5, 0.6) is 5.75 Å². The van der Waals surface area contributed by atoms with E-state index in [4.69, 9.17) is 9.15 Å². The number of ether oxygens (including phenoxy) is 1. The largest absolute Gasteiger partial charge is 0.481 e. The van der Waals surface area contributed by atoms with Crippen LogP contribution in [0.3, 0.4) is 0 Å². The molecule has 1 aliphatic carbocycles. The van der Waals surface area contributed by atoms with Crippen molar-refractivity contribution in [3.05, 3.63) is 58.7 Å². The van der Waals surface area contributed by atoms with Crippen molar-refractivity contribution in [2.45, 2.75) is 38.5 Å². The minimum Gasteiger partial charge on any atom is -0.481 e. The summed E-state index contributed by atoms with van der Waals surface area (Å²) < 4.78 is 12.8. The molecular weight excluding hydrogens is 346 g/mol. The number of hydrogen-bond donors (Lipinski definition) is 0. The van der Waals surface area contributed by atoms with E-state index in [0.717, 1.165) is 23.8 Å². The molecule has 1 fully saturated rings. The molecule has 0 saturated heterocycles. The molecule has 1 atom stereocenters. The molecule has 2 heterocycles. The predicted molar refractivity (Wildman–Crippen MR) is 99.4 cm³/mol. The van der Waals surface area contributed by atoms with Crippen LogP contribution in [0.4, 0.5) is 0 Å². The quantitative estimate of drug-likeness (QED) is 0.626. The van der Waals surface area contributed by atoms with Crippen molar-refractivity contribution in [2.75, 3.05) is 0 Å². The van der Waals surface area contributed by atoms with Crippen molar-refractivity contribution >= 4 is 16.9 Å². The third kappa shape index (κ3) is 3.86. The van der Waals surface area contributed by atoms with Gasteiger partial charge in [0.05, 0.1) is 6.20 Å². The highest BCUT2D eigenvalue weighted by Crippen LogP contribution is 2.29. The summed E-state index contributed by atoms with van der Waals surface area (Å²) in [5.74, 6) is 0.436. The molecule has 7 heteroatoms. The van der Waals surface area contributed by atoms with Gasteiger partial charge >= 0.3 is 5.63 Å². The fraction of sp³-hybridized carbons (Fsp3) is 0.350. The number of aryl methyl sites for hydroxylation is 1. The Morgan fingerprint density at radius 1 is 1.37 bits per heavy atom. The van der Waals surface area contributed by atoms with Crippen molar-refractivity contribution in [3.8, 4) is 5.75 Å². The first-order valence-corrected chi connectivity index (χ1v) is 8.98. The minimum absolute atomic E-state index is 0.0593. The van der Waals surface area contributed by atoms with Crippen molar-refractivity contribution < 1.29 is 13.9 Å². The summed E-state index contributed by atoms with van der Waals surface area (Å²) in [5.41, 5.74) is 1.02. The maximum atomic E-state index is 13.0. The zero-order valence-electron chi connectivity index (χ0n) is 15.3. The molecule has 1 aromatic carbocycles. The molecule has 1 saturated carbocycles. The number of fused-ring (bicyclic) bond motifs is 1. The summed E-state index contributed by atoms with van der Waals surface area (Å²) in [6, 6.07) is 8.55. The zero-order chi connectivity index (χ0) is 19.0. The number of carbonyl (C=O) groups is 1. The van der Waals surface area contributed by atoms with Gasteiger partial charge in [-0.15, -0.1) is 0 Å². The van der Waals surface area contributed by atoms with E-state index in [9.17, 15) is 9.59 Å². The molecule has 0 aliphatic heterocycles. The molecule has 4 rings (SSSR count). The normalized spacial score (nSPS) is 14.9. The Labute approximate surface area is 156 Å². The minimum atomic E-state index is -0.643. The van der Waals surface area contributed by atoms with Gasteiger partial charge in [0.1, 0.15) is 11.3 Å². The van der Waals surface area contributed by atoms with Crippen LogP contribution in [0.1, 0.15) is 25.3 Å². The smallest absolute Gasteiger partial charge is 0.336 e. The van der Waals surface area contributed by atoms with Crippen LogP contribution in [-0.4, -0.2) is 32.7 Å². The summed E-state index contributed by atoms with van der Waals surface area (Å²) >= 11 is 0. The Bertz CT molecular complexity index is 1030. The van der Waals surface area contributed by atoms with Gasteiger partial charge in [-0.25, -0.2) is 4.79 Å². The predicted octanol–water partition coefficient (Wildman–Crippen LogP) is 2.49. The van der Waals surface area contributed by atoms with E-state index in [-0.39, 0.29) is 11.9 Å². The van der Waals surface area contributed by atoms with Crippen molar-refractivity contribution in [1.82, 2.24) is 14.7 Å². The van der Waals surface area contributed by atoms with Gasteiger partial charge in [-0.3, -0.25) is 9.48 Å². The molecule has 1 amide bonds. The lowest BCUT2D eigenvalue weighted by atomic mass is 10.2. The number of hydrogen-bond acceptors (Lipinski definition) is 5. The van der Waals surface area contributed by atoms with Crippen LogP contribution in [0.2, 0.25) is 0 Å². The number of aromatic nitrogens is 2. The molecule has 3 aromatic rings. The zero-order valence-corrected chi connectivity index (χ0v) is 15.3. The molecule has 1 unspecified atom stereocenters. The van der Waals surface area contributed by atoms with Crippen LogP contribution >= 0.6 is 0 Å². The Balaban J connectivity index is 1.49. The second kappa shape index (κ2) is 6.90. The summed E-state index contributed by atoms with van der Waals surface area (Å²) in [6.45, 7) is 2.27. The molecule has 7 nitrogen and oxygen atoms in total. The van der Waals surface area contributed by atoms with E-state index in [1.165, 1.54) is 6.07 Å². The fourth-order valence-electron chi connectivity index (χ4n) is 3.13. The molecule has 0 bridgehead atoms. The molecule has 2 aromatic heterocycles. The summed E-state index contributed by atoms with van der Waals surface area (Å²) in [7, 11) is 1.86. The topological polar surface area (TPSA) is 77.6 Å². The highest BCUT2D eigenvalue weighted by atomic mass is 16.5. The van der Waals surface area contributed by atoms with E-state index in [2.05, 4.69) is 5.10 Å². The van der Waals surface area contributed by atoms with E-state index in [1.54, 1.807) is 42.1 Å². The highest BCUT2D eigenvalue weighted by Gasteiger charge is 2.35. The molecule has 0 radical (unpaired) electrons. The SMILES string of the molecule is CC(Oc1ccc2ccc(=O)oc2c1)C(=O)N(Cc1cnn(C)c1)C1CC1. The van der Waals surface area contributed by atoms with Gasteiger partial charge in [0.25, 0.3) is 5.91 Å². The maximum Gasteiger partial charge on any atom is 0.336 e. The van der Waals surface area contributed by atoms with Gasteiger partial charge in [-0.1, -0.05) is 0 Å². The summed E-state index contributed by atoms with van der Waals surface area (Å²) in [6.07, 6.45) is 5.08. The Morgan fingerprint density at radius 2 is 2.15 bits per heavy atom. The van der Waals surface area contributed by atoms with E-state index >= 15 is 0 Å². The third-order valence-electron chi connectivity index (χ3n) is 4.64. The summed E-state index contributed by atoms with van der Waals surface area (Å²) in [4.78, 5) is 26.2. The maximum absolute atomic E-state index is 13.0. The number of benzene rings is 1. The van der Waals surface area contributed by atoms with Crippen LogP contribution in [0, 0.1) is 0 Å². The first-order chi connectivity index (χ1) is 13.0. The van der Waals surface area contributed by atoms with Crippen LogP contribution in [0.15, 0.2) is 51.9 Å². The average Bonchev–Trinajstić information content (AvgIpc) is 3.40. The molecule has 0 spiro atoms. The highest BCUT2D eigenvalue weighted by molar-refractivity contribution is 5.82. The van der Waals surface area contributed by atoms with E-state index in [0.29, 0.717) is 17.9 Å². The van der Waals surface area contributed by atoms with Gasteiger partial charge in [0.15, 0.2) is 6.10 Å². The molecule has 0 N–H and O–H groups in total. The first kappa shape index (κ1) is 17.3. The van der Waals surface area contributed by atoms with E-state index < -0.39 is 11.7 Å². The van der Waals surface area contributed by atoms with Gasteiger partial charge in [-0.05, 0) is 38.0 Å². The molecule has 1 aliphatic rings. The lowest BCUT2D eigenvalue weighted by Crippen LogP contribution is -2.41. The lowest BCUT2D eigenvalue weighted by Gasteiger charge is -2.25. The van der Waals surface area contributed by atoms with Crippen LogP contribution < -0.4 is 10.4 Å². The van der Waals surface area contributed by atoms with Crippen LogP contribution in [0.25, 0.3) is 11.0 Å². The number of rotatable bonds is 6. The lowest BCUT2D eigenvalue weighted by molar-refractivity contribution is -0.139. The number of nitrogens with zero attached hydrogens (tertiary/aromatic N) is 3. The van der Waals surface area contributed by atoms with Gasteiger partial charge < -0.3 is 14.1 Å². The molecule has 27 heavy (non-hydrogen) atoms. The molecular formula is C20H21N3O4. The second-order valence-electron chi connectivity index (χ2n) is 6.93. The van der Waals surface area contributed by atoms with Gasteiger partial charge in [0, 0.05) is 48.9 Å². The standard InChI is InChI=1S/C20H21N3O4/c1-13(26-17-7-3-15-4-8-19(24)27-18(15)9-17)20(25)23(16-5-6-16)12-14-10-21-22(2)11-14/h3-4,7-11,13,16H,5-6,12H2,1-2H3. The van der Waals surface area contributed by atoms with Crippen molar-refractivity contribution in [2.24, 2.45) is 7.05 Å². The van der Waals surface area contributed by atoms with Gasteiger partial charge in [-0.2, -0.15) is 5.10 Å². The Hall–Kier alpha value is -3.09. The van der Waals surface area contributed by atoms with Crippen molar-refractivity contribution in [1.29, 1.82) is 0 Å². The fourth-order valence-corrected chi connectivity index (χ4v) is 3.13. The number of amides is 1. The molecule has 140 valence electrons. The average molecular weight is 367 g/mol. The van der Waals surface area contributed by atoms with Crippen LogP contribution in [-0.2, 0) is 18.4 Å². The van der Waals surface area contributed by atoms with Gasteiger partial charge in [0.2, 0.25) is 0 Å². The monoisotopic (exact) mass is 367 g/mol. The first-order valence-electron chi connectivity index (χ1n) is 8.98. The number of carbonyl (C=O) groups excluding carboxylic acids is 1. The Morgan fingerprint density at radius 3 is 2.85 bits per heavy atom. The second-order valence-corrected chi connectivity index (χ2v) is 6.93. The Kier molecular flexibility index (Phi) is 4.43. The third-order valence-corrected chi connectivity index (χ3v) is 4.64. The van der Waals surface area contributed by atoms with Crippen molar-refractivity contribution in [3.63, 3.8) is 0 Å². The van der Waals surface area contributed by atoms with E-state index in [1.807, 2.05) is 18.1 Å².